The van der Waals surface area contributed by atoms with Crippen molar-refractivity contribution in [2.24, 2.45) is 0 Å². The lowest BCUT2D eigenvalue weighted by Crippen LogP contribution is -2.30. The largest absolute Gasteiger partial charge is 0.323 e. The fraction of sp³-hybridized carbons (Fsp3) is 0.214. The van der Waals surface area contributed by atoms with E-state index < -0.39 is 0 Å². The Morgan fingerprint density at radius 3 is 2.75 bits per heavy atom. The highest BCUT2D eigenvalue weighted by molar-refractivity contribution is 6.33. The third-order valence-corrected chi connectivity index (χ3v) is 3.21. The smallest absolute Gasteiger partial charge is 0.267 e. The van der Waals surface area contributed by atoms with Crippen molar-refractivity contribution in [3.8, 4) is 0 Å². The summed E-state index contributed by atoms with van der Waals surface area (Å²) in [6.07, 6.45) is 0. The van der Waals surface area contributed by atoms with Gasteiger partial charge in [0.15, 0.2) is 0 Å². The van der Waals surface area contributed by atoms with E-state index in [0.717, 1.165) is 15.9 Å². The topological polar surface area (TPSA) is 64.0 Å². The maximum atomic E-state index is 11.9. The highest BCUT2D eigenvalue weighted by atomic mass is 35.5. The molecule has 1 N–H and O–H groups in total. The van der Waals surface area contributed by atoms with Crippen LogP contribution in [0.5, 0.6) is 0 Å². The van der Waals surface area contributed by atoms with Gasteiger partial charge in [0.05, 0.1) is 16.4 Å². The van der Waals surface area contributed by atoms with Crippen molar-refractivity contribution in [3.63, 3.8) is 0 Å². The van der Waals surface area contributed by atoms with Gasteiger partial charge in [-0.05, 0) is 31.5 Å². The van der Waals surface area contributed by atoms with E-state index in [1.54, 1.807) is 38.1 Å². The van der Waals surface area contributed by atoms with Crippen LogP contribution in [0.1, 0.15) is 11.3 Å². The van der Waals surface area contributed by atoms with Gasteiger partial charge in [-0.25, -0.2) is 4.68 Å². The standard InChI is InChI=1S/C14H14ClN3O2/c1-9-7-14(20)18(17-10(9)2)8-13(19)16-12-6-4-3-5-11(12)15/h3-7H,8H2,1-2H3,(H,16,19). The average molecular weight is 292 g/mol. The Kier molecular flexibility index (Phi) is 4.20. The molecule has 20 heavy (non-hydrogen) atoms. The van der Waals surface area contributed by atoms with Gasteiger partial charge in [0.1, 0.15) is 6.54 Å². The van der Waals surface area contributed by atoms with Gasteiger partial charge >= 0.3 is 0 Å². The molecule has 0 aliphatic rings. The summed E-state index contributed by atoms with van der Waals surface area (Å²) in [6, 6.07) is 8.37. The summed E-state index contributed by atoms with van der Waals surface area (Å²) in [7, 11) is 0. The third-order valence-electron chi connectivity index (χ3n) is 2.88. The van der Waals surface area contributed by atoms with Crippen LogP contribution in [0.25, 0.3) is 0 Å². The highest BCUT2D eigenvalue weighted by Gasteiger charge is 2.09. The molecule has 0 aliphatic carbocycles. The second kappa shape index (κ2) is 5.88. The Hall–Kier alpha value is -2.14. The molecule has 1 aromatic heterocycles. The van der Waals surface area contributed by atoms with Gasteiger partial charge in [-0.1, -0.05) is 23.7 Å². The Balaban J connectivity index is 2.15. The molecule has 0 spiro atoms. The molecule has 0 bridgehead atoms. The molecule has 0 saturated carbocycles. The first kappa shape index (κ1) is 14.3. The minimum atomic E-state index is -0.351. The van der Waals surface area contributed by atoms with E-state index in [0.29, 0.717) is 10.7 Å². The molecule has 5 nitrogen and oxygen atoms in total. The average Bonchev–Trinajstić information content (AvgIpc) is 2.39. The Labute approximate surface area is 121 Å². The number of benzene rings is 1. The molecule has 1 amide bonds. The van der Waals surface area contributed by atoms with Gasteiger partial charge in [-0.3, -0.25) is 9.59 Å². The minimum absolute atomic E-state index is 0.148. The summed E-state index contributed by atoms with van der Waals surface area (Å²) < 4.78 is 1.13. The van der Waals surface area contributed by atoms with Crippen molar-refractivity contribution < 1.29 is 4.79 Å². The fourth-order valence-electron chi connectivity index (χ4n) is 1.67. The molecule has 1 aromatic carbocycles. The van der Waals surface area contributed by atoms with E-state index in [9.17, 15) is 9.59 Å². The molecular formula is C14H14ClN3O2. The summed E-state index contributed by atoms with van der Waals surface area (Å²) in [5.74, 6) is -0.351. The van der Waals surface area contributed by atoms with Gasteiger partial charge in [0, 0.05) is 6.07 Å². The van der Waals surface area contributed by atoms with E-state index >= 15 is 0 Å². The Morgan fingerprint density at radius 2 is 2.05 bits per heavy atom. The Bertz CT molecular complexity index is 710. The van der Waals surface area contributed by atoms with Crippen LogP contribution in [0.2, 0.25) is 5.02 Å². The zero-order chi connectivity index (χ0) is 14.7. The van der Waals surface area contributed by atoms with Crippen molar-refractivity contribution in [2.45, 2.75) is 20.4 Å². The van der Waals surface area contributed by atoms with Crippen LogP contribution in [0, 0.1) is 13.8 Å². The molecule has 0 atom stereocenters. The molecule has 0 aliphatic heterocycles. The molecule has 0 fully saturated rings. The first-order valence-electron chi connectivity index (χ1n) is 6.07. The summed E-state index contributed by atoms with van der Waals surface area (Å²) in [6.45, 7) is 3.44. The van der Waals surface area contributed by atoms with Crippen LogP contribution in [-0.2, 0) is 11.3 Å². The zero-order valence-electron chi connectivity index (χ0n) is 11.2. The summed E-state index contributed by atoms with van der Waals surface area (Å²) >= 11 is 5.95. The van der Waals surface area contributed by atoms with Crippen LogP contribution in [0.4, 0.5) is 5.69 Å². The molecule has 104 valence electrons. The number of hydrogen-bond donors (Lipinski definition) is 1. The summed E-state index contributed by atoms with van der Waals surface area (Å²) in [5, 5.41) is 7.18. The molecule has 2 rings (SSSR count). The van der Waals surface area contributed by atoms with Gasteiger partial charge < -0.3 is 5.32 Å². The number of anilines is 1. The van der Waals surface area contributed by atoms with E-state index in [1.807, 2.05) is 0 Å². The highest BCUT2D eigenvalue weighted by Crippen LogP contribution is 2.20. The van der Waals surface area contributed by atoms with Gasteiger partial charge in [0.2, 0.25) is 5.91 Å². The first-order chi connectivity index (χ1) is 9.47. The van der Waals surface area contributed by atoms with Crippen LogP contribution < -0.4 is 10.9 Å². The normalized spacial score (nSPS) is 10.3. The quantitative estimate of drug-likeness (QED) is 0.942. The third kappa shape index (κ3) is 3.24. The molecular weight excluding hydrogens is 278 g/mol. The van der Waals surface area contributed by atoms with Crippen LogP contribution >= 0.6 is 11.6 Å². The lowest BCUT2D eigenvalue weighted by Gasteiger charge is -2.09. The number of para-hydroxylation sites is 1. The predicted molar refractivity (Wildman–Crippen MR) is 78.1 cm³/mol. The van der Waals surface area contributed by atoms with Crippen molar-refractivity contribution >= 4 is 23.2 Å². The van der Waals surface area contributed by atoms with Gasteiger partial charge in [-0.2, -0.15) is 5.10 Å². The summed E-state index contributed by atoms with van der Waals surface area (Å²) in [5.41, 5.74) is 1.73. The van der Waals surface area contributed by atoms with Gasteiger partial charge in [0.25, 0.3) is 5.56 Å². The fourth-order valence-corrected chi connectivity index (χ4v) is 1.86. The van der Waals surface area contributed by atoms with E-state index in [1.165, 1.54) is 6.07 Å². The van der Waals surface area contributed by atoms with Gasteiger partial charge in [-0.15, -0.1) is 0 Å². The number of aromatic nitrogens is 2. The SMILES string of the molecule is Cc1cc(=O)n(CC(=O)Nc2ccccc2Cl)nc1C. The Morgan fingerprint density at radius 1 is 1.35 bits per heavy atom. The molecule has 0 unspecified atom stereocenters. The maximum Gasteiger partial charge on any atom is 0.267 e. The van der Waals surface area contributed by atoms with Crippen LogP contribution in [0.3, 0.4) is 0 Å². The van der Waals surface area contributed by atoms with Crippen LogP contribution in [0.15, 0.2) is 35.1 Å². The lowest BCUT2D eigenvalue weighted by atomic mass is 10.2. The second-order valence-electron chi connectivity index (χ2n) is 4.44. The number of nitrogens with zero attached hydrogens (tertiary/aromatic N) is 2. The number of nitrogens with one attached hydrogen (secondary N) is 1. The number of amides is 1. The molecule has 0 radical (unpaired) electrons. The maximum absolute atomic E-state index is 11.9. The van der Waals surface area contributed by atoms with Crippen LogP contribution in [-0.4, -0.2) is 15.7 Å². The van der Waals surface area contributed by atoms with Crippen molar-refractivity contribution in [1.29, 1.82) is 0 Å². The predicted octanol–water partition coefficient (Wildman–Crippen LogP) is 2.15. The summed E-state index contributed by atoms with van der Waals surface area (Å²) in [4.78, 5) is 23.7. The molecule has 2 aromatic rings. The molecule has 0 saturated heterocycles. The monoisotopic (exact) mass is 291 g/mol. The number of carbonyl (C=O) groups is 1. The molecule has 6 heteroatoms. The van der Waals surface area contributed by atoms with E-state index in [2.05, 4.69) is 10.4 Å². The molecule has 1 heterocycles. The van der Waals surface area contributed by atoms with Crippen molar-refractivity contribution in [2.75, 3.05) is 5.32 Å². The number of carbonyl (C=O) groups excluding carboxylic acids is 1. The van der Waals surface area contributed by atoms with E-state index in [4.69, 9.17) is 11.6 Å². The zero-order valence-corrected chi connectivity index (χ0v) is 11.9. The number of rotatable bonds is 3. The first-order valence-corrected chi connectivity index (χ1v) is 6.45. The number of aryl methyl sites for hydroxylation is 2. The minimum Gasteiger partial charge on any atom is -0.323 e. The number of halogens is 1. The second-order valence-corrected chi connectivity index (χ2v) is 4.84. The lowest BCUT2D eigenvalue weighted by molar-refractivity contribution is -0.117. The van der Waals surface area contributed by atoms with E-state index in [-0.39, 0.29) is 18.0 Å². The van der Waals surface area contributed by atoms with Crippen molar-refractivity contribution in [3.05, 3.63) is 57.0 Å². The van der Waals surface area contributed by atoms with Crippen molar-refractivity contribution in [1.82, 2.24) is 9.78 Å². The number of hydrogen-bond acceptors (Lipinski definition) is 3.